The summed E-state index contributed by atoms with van der Waals surface area (Å²) in [5.74, 6) is -0.653. The molecule has 0 aromatic rings. The van der Waals surface area contributed by atoms with Crippen LogP contribution in [-0.2, 0) is 4.79 Å². The van der Waals surface area contributed by atoms with Gasteiger partial charge < -0.3 is 5.11 Å². The molecule has 0 aliphatic heterocycles. The molecule has 0 aromatic heterocycles. The van der Waals surface area contributed by atoms with Crippen molar-refractivity contribution in [2.24, 2.45) is 0 Å². The van der Waals surface area contributed by atoms with Crippen molar-refractivity contribution in [3.8, 4) is 0 Å². The van der Waals surface area contributed by atoms with Gasteiger partial charge >= 0.3 is 70.2 Å². The summed E-state index contributed by atoms with van der Waals surface area (Å²) in [6, 6.07) is 0. The van der Waals surface area contributed by atoms with Crippen LogP contribution in [-0.4, -0.2) is 39.0 Å². The molecule has 158 valence electrons. The first-order valence-corrected chi connectivity index (χ1v) is 13.8. The normalized spacial score (nSPS) is 10.5. The molecule has 0 aliphatic rings. The Kier molecular flexibility index (Phi) is 31.5. The molecule has 0 atom stereocenters. The number of aliphatic carboxylic acids is 1. The molecule has 0 aromatic carbocycles. The summed E-state index contributed by atoms with van der Waals surface area (Å²) < 4.78 is 1.50. The Morgan fingerprint density at radius 1 is 0.556 bits per heavy atom. The molecule has 0 saturated carbocycles. The second-order valence-electron chi connectivity index (χ2n) is 8.15. The molecule has 27 heavy (non-hydrogen) atoms. The van der Waals surface area contributed by atoms with Gasteiger partial charge in [-0.05, 0) is 6.42 Å². The topological polar surface area (TPSA) is 37.3 Å². The first-order chi connectivity index (χ1) is 13.2. The predicted molar refractivity (Wildman–Crippen MR) is 122 cm³/mol. The van der Waals surface area contributed by atoms with Crippen molar-refractivity contribution >= 4 is 33.9 Å². The summed E-state index contributed by atoms with van der Waals surface area (Å²) >= 11 is 1.41. The number of carboxylic acids is 1. The SMILES string of the molecule is CCCCCCCCCCCCCCCCCC(=O)O.CCCCC[CH2][Na]. The fraction of sp³-hybridized carbons (Fsp3) is 0.958. The van der Waals surface area contributed by atoms with Crippen molar-refractivity contribution in [1.29, 1.82) is 0 Å². The zero-order chi connectivity index (χ0) is 20.4. The number of carbonyl (C=O) groups is 1. The van der Waals surface area contributed by atoms with Gasteiger partial charge in [-0.2, -0.15) is 0 Å². The number of carboxylic acid groups (broad SMARTS) is 1. The van der Waals surface area contributed by atoms with Gasteiger partial charge in [0.15, 0.2) is 0 Å². The predicted octanol–water partition coefficient (Wildman–Crippen LogP) is 8.49. The number of hydrogen-bond acceptors (Lipinski definition) is 1. The van der Waals surface area contributed by atoms with Crippen LogP contribution < -0.4 is 0 Å². The summed E-state index contributed by atoms with van der Waals surface area (Å²) in [4.78, 5) is 10.3. The van der Waals surface area contributed by atoms with Gasteiger partial charge in [-0.3, -0.25) is 4.79 Å². The third kappa shape index (κ3) is 34.4. The standard InChI is InChI=1S/C18H36O2.C6H13.Na/c1-2-3-4-5-6-7-8-9-10-11-12-13-14-15-16-17-18(19)20;1-3-5-6-4-2;/h2-17H2,1H3,(H,19,20);1,3-6H2,2H3;. The van der Waals surface area contributed by atoms with Crippen molar-refractivity contribution in [3.63, 3.8) is 0 Å². The summed E-state index contributed by atoms with van der Waals surface area (Å²) in [6.45, 7) is 4.53. The third-order valence-corrected chi connectivity index (χ3v) is 5.91. The summed E-state index contributed by atoms with van der Waals surface area (Å²) in [7, 11) is 0. The first-order valence-electron chi connectivity index (χ1n) is 12.4. The van der Waals surface area contributed by atoms with E-state index in [0.29, 0.717) is 6.42 Å². The average molecular weight is 393 g/mol. The van der Waals surface area contributed by atoms with E-state index >= 15 is 0 Å². The molecular formula is C24H49NaO2. The maximum absolute atomic E-state index is 10.3. The molecule has 0 bridgehead atoms. The Labute approximate surface area is 189 Å². The number of unbranched alkanes of at least 4 members (excludes halogenated alkanes) is 17. The fourth-order valence-corrected chi connectivity index (χ4v) is 3.82. The van der Waals surface area contributed by atoms with Crippen LogP contribution in [0.5, 0.6) is 0 Å². The minimum absolute atomic E-state index is 0.345. The van der Waals surface area contributed by atoms with Crippen LogP contribution in [0.2, 0.25) is 3.67 Å². The Balaban J connectivity index is 0. The van der Waals surface area contributed by atoms with E-state index < -0.39 is 5.97 Å². The van der Waals surface area contributed by atoms with E-state index in [-0.39, 0.29) is 0 Å². The average Bonchev–Trinajstić information content (AvgIpc) is 2.65. The second kappa shape index (κ2) is 28.7. The molecule has 0 radical (unpaired) electrons. The van der Waals surface area contributed by atoms with Crippen LogP contribution >= 0.6 is 0 Å². The molecule has 0 rings (SSSR count). The van der Waals surface area contributed by atoms with Gasteiger partial charge in [-0.15, -0.1) is 0 Å². The van der Waals surface area contributed by atoms with Gasteiger partial charge in [-0.1, -0.05) is 96.8 Å². The van der Waals surface area contributed by atoms with Crippen molar-refractivity contribution in [2.75, 3.05) is 0 Å². The molecule has 0 heterocycles. The molecule has 3 heteroatoms. The summed E-state index contributed by atoms with van der Waals surface area (Å²) in [5.41, 5.74) is 0. The van der Waals surface area contributed by atoms with E-state index in [1.807, 2.05) is 0 Å². The fourth-order valence-electron chi connectivity index (χ4n) is 3.32. The molecule has 0 unspecified atom stereocenters. The van der Waals surface area contributed by atoms with Crippen LogP contribution in [0.25, 0.3) is 0 Å². The van der Waals surface area contributed by atoms with Crippen molar-refractivity contribution in [3.05, 3.63) is 0 Å². The number of rotatable bonds is 20. The summed E-state index contributed by atoms with van der Waals surface area (Å²) in [6.07, 6.45) is 26.0. The third-order valence-electron chi connectivity index (χ3n) is 5.20. The molecular weight excluding hydrogens is 343 g/mol. The Morgan fingerprint density at radius 3 is 1.15 bits per heavy atom. The van der Waals surface area contributed by atoms with Crippen molar-refractivity contribution < 1.29 is 9.90 Å². The van der Waals surface area contributed by atoms with Crippen LogP contribution in [0.4, 0.5) is 0 Å². The van der Waals surface area contributed by atoms with Crippen LogP contribution in [0.15, 0.2) is 0 Å². The van der Waals surface area contributed by atoms with Gasteiger partial charge in [-0.25, -0.2) is 0 Å². The van der Waals surface area contributed by atoms with E-state index in [0.717, 1.165) is 12.8 Å². The van der Waals surface area contributed by atoms with E-state index in [1.54, 1.807) is 0 Å². The number of hydrogen-bond donors (Lipinski definition) is 1. The van der Waals surface area contributed by atoms with Crippen LogP contribution in [0.3, 0.4) is 0 Å². The van der Waals surface area contributed by atoms with Gasteiger partial charge in [0.1, 0.15) is 0 Å². The van der Waals surface area contributed by atoms with E-state index in [9.17, 15) is 4.79 Å². The monoisotopic (exact) mass is 392 g/mol. The maximum atomic E-state index is 10.3. The van der Waals surface area contributed by atoms with Gasteiger partial charge in [0.2, 0.25) is 0 Å². The zero-order valence-corrected chi connectivity index (χ0v) is 21.2. The van der Waals surface area contributed by atoms with Gasteiger partial charge in [0, 0.05) is 6.42 Å². The molecule has 0 spiro atoms. The van der Waals surface area contributed by atoms with Crippen molar-refractivity contribution in [2.45, 2.75) is 146 Å². The van der Waals surface area contributed by atoms with Gasteiger partial charge in [0.25, 0.3) is 0 Å². The van der Waals surface area contributed by atoms with Gasteiger partial charge in [0.05, 0.1) is 0 Å². The molecule has 0 fully saturated rings. The summed E-state index contributed by atoms with van der Waals surface area (Å²) in [5, 5.41) is 8.52. The van der Waals surface area contributed by atoms with E-state index in [2.05, 4.69) is 13.8 Å². The zero-order valence-electron chi connectivity index (χ0n) is 19.2. The van der Waals surface area contributed by atoms with Crippen LogP contribution in [0.1, 0.15) is 142 Å². The Hall–Kier alpha value is 0.470. The van der Waals surface area contributed by atoms with E-state index in [1.165, 1.54) is 141 Å². The molecule has 1 N–H and O–H groups in total. The van der Waals surface area contributed by atoms with Crippen LogP contribution in [0, 0.1) is 0 Å². The minimum atomic E-state index is -0.653. The first kappa shape index (κ1) is 29.7. The molecule has 0 saturated heterocycles. The quantitative estimate of drug-likeness (QED) is 0.166. The Morgan fingerprint density at radius 2 is 0.852 bits per heavy atom. The molecule has 2 nitrogen and oxygen atoms in total. The van der Waals surface area contributed by atoms with E-state index in [4.69, 9.17) is 5.11 Å². The van der Waals surface area contributed by atoms with Crippen molar-refractivity contribution in [1.82, 2.24) is 0 Å². The second-order valence-corrected chi connectivity index (χ2v) is 9.15. The molecule has 0 aliphatic carbocycles. The Bertz CT molecular complexity index is 265. The molecule has 0 amide bonds.